The lowest BCUT2D eigenvalue weighted by Gasteiger charge is -2.13. The summed E-state index contributed by atoms with van der Waals surface area (Å²) in [4.78, 5) is 22.2. The van der Waals surface area contributed by atoms with Gasteiger partial charge in [0.05, 0.1) is 17.9 Å². The maximum Gasteiger partial charge on any atom is 0.328 e. The molecule has 1 rings (SSSR count). The molecule has 0 heterocycles. The number of carboxylic acid groups (broad SMARTS) is 1. The Hall–Kier alpha value is -2.11. The molecule has 0 radical (unpaired) electrons. The van der Waals surface area contributed by atoms with Gasteiger partial charge in [0.25, 0.3) is 0 Å². The first-order chi connectivity index (χ1) is 8.97. The van der Waals surface area contributed by atoms with E-state index in [2.05, 4.69) is 26.6 Å². The van der Waals surface area contributed by atoms with Crippen LogP contribution < -0.4 is 10.6 Å². The Morgan fingerprint density at radius 1 is 1.47 bits per heavy atom. The van der Waals surface area contributed by atoms with Crippen molar-refractivity contribution >= 4 is 33.6 Å². The van der Waals surface area contributed by atoms with E-state index >= 15 is 0 Å². The topological polar surface area (TPSA) is 122 Å². The lowest BCUT2D eigenvalue weighted by molar-refractivity contribution is -0.140. The molecule has 8 heteroatoms. The average molecular weight is 328 g/mol. The fraction of sp³-hybridized carbons (Fsp3) is 0.182. The Balaban J connectivity index is 2.80. The van der Waals surface area contributed by atoms with E-state index in [-0.39, 0.29) is 11.3 Å². The molecular weight excluding hydrogens is 318 g/mol. The maximum atomic E-state index is 11.5. The summed E-state index contributed by atoms with van der Waals surface area (Å²) in [6.45, 7) is -0.730. The molecule has 100 valence electrons. The van der Waals surface area contributed by atoms with Gasteiger partial charge in [0.1, 0.15) is 6.07 Å². The molecule has 19 heavy (non-hydrogen) atoms. The molecular formula is C11H10BrN3O4. The number of rotatable bonds is 4. The number of aliphatic carboxylic acids is 1. The van der Waals surface area contributed by atoms with E-state index in [1.165, 1.54) is 12.1 Å². The highest BCUT2D eigenvalue weighted by atomic mass is 79.9. The Bertz CT molecular complexity index is 541. The summed E-state index contributed by atoms with van der Waals surface area (Å²) in [6.07, 6.45) is 0. The van der Waals surface area contributed by atoms with Gasteiger partial charge in [-0.15, -0.1) is 0 Å². The molecule has 0 aliphatic rings. The van der Waals surface area contributed by atoms with Crippen LogP contribution in [-0.4, -0.2) is 34.9 Å². The zero-order valence-electron chi connectivity index (χ0n) is 9.55. The quantitative estimate of drug-likeness (QED) is 0.654. The van der Waals surface area contributed by atoms with Gasteiger partial charge < -0.3 is 20.8 Å². The molecule has 7 nitrogen and oxygen atoms in total. The van der Waals surface area contributed by atoms with E-state index in [1.54, 1.807) is 6.07 Å². The van der Waals surface area contributed by atoms with Crippen LogP contribution in [0.1, 0.15) is 5.56 Å². The molecule has 0 saturated carbocycles. The van der Waals surface area contributed by atoms with Gasteiger partial charge in [-0.3, -0.25) is 0 Å². The Morgan fingerprint density at radius 2 is 2.16 bits per heavy atom. The summed E-state index contributed by atoms with van der Waals surface area (Å²) in [5.41, 5.74) is 0.464. The molecule has 0 aliphatic carbocycles. The number of hydrogen-bond acceptors (Lipinski definition) is 4. The number of nitrogens with one attached hydrogen (secondary N) is 2. The number of amides is 2. The number of aliphatic hydroxyl groups excluding tert-OH is 1. The van der Waals surface area contributed by atoms with Gasteiger partial charge in [0.2, 0.25) is 0 Å². The highest BCUT2D eigenvalue weighted by Crippen LogP contribution is 2.20. The van der Waals surface area contributed by atoms with Crippen LogP contribution >= 0.6 is 15.9 Å². The smallest absolute Gasteiger partial charge is 0.328 e. The van der Waals surface area contributed by atoms with Crippen LogP contribution in [0.2, 0.25) is 0 Å². The number of nitrogens with zero attached hydrogens (tertiary/aromatic N) is 1. The second kappa shape index (κ2) is 6.72. The van der Waals surface area contributed by atoms with Gasteiger partial charge in [-0.1, -0.05) is 15.9 Å². The normalized spacial score (nSPS) is 11.2. The third-order valence-corrected chi connectivity index (χ3v) is 2.63. The first-order valence-corrected chi connectivity index (χ1v) is 5.88. The fourth-order valence-corrected chi connectivity index (χ4v) is 1.58. The van der Waals surface area contributed by atoms with Gasteiger partial charge in [0.15, 0.2) is 6.04 Å². The van der Waals surface area contributed by atoms with E-state index < -0.39 is 24.6 Å². The summed E-state index contributed by atoms with van der Waals surface area (Å²) in [5, 5.41) is 30.7. The summed E-state index contributed by atoms with van der Waals surface area (Å²) in [7, 11) is 0. The Kier molecular flexibility index (Phi) is 5.29. The predicted octanol–water partition coefficient (Wildman–Crippen LogP) is 0.888. The van der Waals surface area contributed by atoms with E-state index in [0.29, 0.717) is 4.47 Å². The number of urea groups is 1. The van der Waals surface area contributed by atoms with Crippen molar-refractivity contribution in [2.24, 2.45) is 0 Å². The van der Waals surface area contributed by atoms with Crippen molar-refractivity contribution in [2.45, 2.75) is 6.04 Å². The molecule has 0 aromatic heterocycles. The number of aliphatic hydroxyl groups is 1. The summed E-state index contributed by atoms with van der Waals surface area (Å²) in [6, 6.07) is 4.30. The highest BCUT2D eigenvalue weighted by Gasteiger charge is 2.19. The number of anilines is 1. The number of carboxylic acids is 1. The van der Waals surface area contributed by atoms with Gasteiger partial charge in [0, 0.05) is 4.47 Å². The average Bonchev–Trinajstić information content (AvgIpc) is 2.35. The molecule has 0 aliphatic heterocycles. The molecule has 1 unspecified atom stereocenters. The van der Waals surface area contributed by atoms with E-state index in [9.17, 15) is 9.59 Å². The zero-order valence-corrected chi connectivity index (χ0v) is 11.1. The molecule has 0 fully saturated rings. The SMILES string of the molecule is N#Cc1ccc(Br)cc1NC(=O)NC(CO)C(=O)O. The van der Waals surface area contributed by atoms with Crippen LogP contribution in [0.5, 0.6) is 0 Å². The minimum absolute atomic E-state index is 0.231. The van der Waals surface area contributed by atoms with Crippen LogP contribution in [0.15, 0.2) is 22.7 Å². The zero-order chi connectivity index (χ0) is 14.4. The molecule has 2 amide bonds. The second-order valence-electron chi connectivity index (χ2n) is 3.47. The third-order valence-electron chi connectivity index (χ3n) is 2.14. The van der Waals surface area contributed by atoms with E-state index in [0.717, 1.165) is 0 Å². The molecule has 0 bridgehead atoms. The maximum absolute atomic E-state index is 11.5. The standard InChI is InChI=1S/C11H10BrN3O4/c12-7-2-1-6(4-13)8(3-7)14-11(19)15-9(5-16)10(17)18/h1-3,9,16H,5H2,(H,17,18)(H2,14,15,19). The number of hydrogen-bond donors (Lipinski definition) is 4. The molecule has 0 spiro atoms. The van der Waals surface area contributed by atoms with Crippen molar-refractivity contribution < 1.29 is 19.8 Å². The van der Waals surface area contributed by atoms with Crippen LogP contribution in [0.3, 0.4) is 0 Å². The molecule has 0 saturated heterocycles. The first kappa shape index (κ1) is 14.9. The molecule has 1 aromatic carbocycles. The first-order valence-electron chi connectivity index (χ1n) is 5.08. The van der Waals surface area contributed by atoms with Crippen molar-refractivity contribution in [3.05, 3.63) is 28.2 Å². The summed E-state index contributed by atoms with van der Waals surface area (Å²) >= 11 is 3.19. The Labute approximate surface area is 117 Å². The monoisotopic (exact) mass is 327 g/mol. The molecule has 1 aromatic rings. The summed E-state index contributed by atoms with van der Waals surface area (Å²) in [5.74, 6) is -1.35. The fourth-order valence-electron chi connectivity index (χ4n) is 1.22. The lowest BCUT2D eigenvalue weighted by Crippen LogP contribution is -2.45. The van der Waals surface area contributed by atoms with E-state index in [1.807, 2.05) is 6.07 Å². The van der Waals surface area contributed by atoms with Crippen LogP contribution in [-0.2, 0) is 4.79 Å². The van der Waals surface area contributed by atoms with Crippen LogP contribution in [0.25, 0.3) is 0 Å². The van der Waals surface area contributed by atoms with Crippen LogP contribution in [0.4, 0.5) is 10.5 Å². The number of nitriles is 1. The number of carbonyl (C=O) groups is 2. The molecule has 4 N–H and O–H groups in total. The largest absolute Gasteiger partial charge is 0.480 e. The lowest BCUT2D eigenvalue weighted by atomic mass is 10.2. The minimum Gasteiger partial charge on any atom is -0.480 e. The number of halogens is 1. The van der Waals surface area contributed by atoms with E-state index in [4.69, 9.17) is 15.5 Å². The van der Waals surface area contributed by atoms with Gasteiger partial charge in [-0.2, -0.15) is 5.26 Å². The second-order valence-corrected chi connectivity index (χ2v) is 4.39. The predicted molar refractivity (Wildman–Crippen MR) is 69.5 cm³/mol. The van der Waals surface area contributed by atoms with Crippen molar-refractivity contribution in [1.82, 2.24) is 5.32 Å². The minimum atomic E-state index is -1.40. The van der Waals surface area contributed by atoms with Crippen molar-refractivity contribution in [3.8, 4) is 6.07 Å². The molecule has 1 atom stereocenters. The van der Waals surface area contributed by atoms with Gasteiger partial charge in [-0.25, -0.2) is 9.59 Å². The van der Waals surface area contributed by atoms with Crippen molar-refractivity contribution in [2.75, 3.05) is 11.9 Å². The number of carbonyl (C=O) groups excluding carboxylic acids is 1. The summed E-state index contributed by atoms with van der Waals surface area (Å²) < 4.78 is 0.652. The van der Waals surface area contributed by atoms with Crippen molar-refractivity contribution in [3.63, 3.8) is 0 Å². The Morgan fingerprint density at radius 3 is 2.68 bits per heavy atom. The third kappa shape index (κ3) is 4.24. The van der Waals surface area contributed by atoms with Crippen LogP contribution in [0, 0.1) is 11.3 Å². The highest BCUT2D eigenvalue weighted by molar-refractivity contribution is 9.10. The van der Waals surface area contributed by atoms with Gasteiger partial charge in [-0.05, 0) is 18.2 Å². The number of benzene rings is 1. The van der Waals surface area contributed by atoms with Gasteiger partial charge >= 0.3 is 12.0 Å². The van der Waals surface area contributed by atoms with Crippen molar-refractivity contribution in [1.29, 1.82) is 5.26 Å².